The van der Waals surface area contributed by atoms with E-state index in [1.807, 2.05) is 32.1 Å². The predicted molar refractivity (Wildman–Crippen MR) is 58.1 cm³/mol. The normalized spacial score (nSPS) is 12.3. The molecule has 0 heterocycles. The van der Waals surface area contributed by atoms with Gasteiger partial charge in [0.1, 0.15) is 11.5 Å². The van der Waals surface area contributed by atoms with Gasteiger partial charge in [0.05, 0.1) is 0 Å². The summed E-state index contributed by atoms with van der Waals surface area (Å²) in [4.78, 5) is 0. The minimum Gasteiger partial charge on any atom is -0.463 e. The SMILES string of the molecule is C=C/C=C\C(=C)O/C(C)=C/C=C\C. The van der Waals surface area contributed by atoms with Crippen molar-refractivity contribution in [2.75, 3.05) is 0 Å². The fourth-order valence-corrected chi connectivity index (χ4v) is 0.682. The van der Waals surface area contributed by atoms with Gasteiger partial charge in [-0.15, -0.1) is 0 Å². The van der Waals surface area contributed by atoms with E-state index in [1.54, 1.807) is 18.2 Å². The monoisotopic (exact) mass is 176 g/mol. The van der Waals surface area contributed by atoms with Gasteiger partial charge in [0.25, 0.3) is 0 Å². The van der Waals surface area contributed by atoms with Gasteiger partial charge in [0.2, 0.25) is 0 Å². The van der Waals surface area contributed by atoms with Gasteiger partial charge in [-0.3, -0.25) is 0 Å². The maximum atomic E-state index is 5.34. The van der Waals surface area contributed by atoms with Crippen LogP contribution in [0.1, 0.15) is 13.8 Å². The maximum Gasteiger partial charge on any atom is 0.119 e. The molecule has 0 rings (SSSR count). The summed E-state index contributed by atoms with van der Waals surface area (Å²) in [5, 5.41) is 0. The van der Waals surface area contributed by atoms with Crippen LogP contribution in [-0.4, -0.2) is 0 Å². The summed E-state index contributed by atoms with van der Waals surface area (Å²) in [6.45, 7) is 11.1. The van der Waals surface area contributed by atoms with Gasteiger partial charge in [0.15, 0.2) is 0 Å². The van der Waals surface area contributed by atoms with Crippen molar-refractivity contribution in [3.8, 4) is 0 Å². The lowest BCUT2D eigenvalue weighted by Crippen LogP contribution is -1.84. The molecule has 0 saturated carbocycles. The van der Waals surface area contributed by atoms with Crippen LogP contribution in [0, 0.1) is 0 Å². The highest BCUT2D eigenvalue weighted by molar-refractivity contribution is 5.16. The van der Waals surface area contributed by atoms with E-state index in [2.05, 4.69) is 13.2 Å². The lowest BCUT2D eigenvalue weighted by Gasteiger charge is -2.03. The van der Waals surface area contributed by atoms with E-state index in [1.165, 1.54) is 0 Å². The average Bonchev–Trinajstić information content (AvgIpc) is 2.11. The van der Waals surface area contributed by atoms with Crippen molar-refractivity contribution in [3.63, 3.8) is 0 Å². The quantitative estimate of drug-likeness (QED) is 0.458. The number of hydrogen-bond acceptors (Lipinski definition) is 1. The van der Waals surface area contributed by atoms with E-state index < -0.39 is 0 Å². The molecular formula is C12H16O. The van der Waals surface area contributed by atoms with Crippen LogP contribution in [0.15, 0.2) is 61.1 Å². The van der Waals surface area contributed by atoms with Crippen molar-refractivity contribution >= 4 is 0 Å². The largest absolute Gasteiger partial charge is 0.463 e. The third kappa shape index (κ3) is 6.88. The number of hydrogen-bond donors (Lipinski definition) is 0. The van der Waals surface area contributed by atoms with Gasteiger partial charge in [-0.05, 0) is 26.0 Å². The van der Waals surface area contributed by atoms with E-state index in [-0.39, 0.29) is 0 Å². The Bertz CT molecular complexity index is 254. The lowest BCUT2D eigenvalue weighted by molar-refractivity contribution is 0.324. The number of ether oxygens (including phenoxy) is 1. The molecule has 0 aromatic heterocycles. The second-order valence-electron chi connectivity index (χ2n) is 2.47. The molecule has 0 aliphatic rings. The van der Waals surface area contributed by atoms with Crippen molar-refractivity contribution < 1.29 is 4.74 Å². The van der Waals surface area contributed by atoms with Crippen LogP contribution in [0.2, 0.25) is 0 Å². The molecule has 0 N–H and O–H groups in total. The van der Waals surface area contributed by atoms with Crippen LogP contribution in [0.3, 0.4) is 0 Å². The number of rotatable bonds is 5. The zero-order valence-electron chi connectivity index (χ0n) is 8.29. The molecule has 0 atom stereocenters. The molecule has 0 radical (unpaired) electrons. The third-order valence-electron chi connectivity index (χ3n) is 1.23. The van der Waals surface area contributed by atoms with E-state index in [0.717, 1.165) is 5.76 Å². The van der Waals surface area contributed by atoms with E-state index in [9.17, 15) is 0 Å². The van der Waals surface area contributed by atoms with Gasteiger partial charge >= 0.3 is 0 Å². The van der Waals surface area contributed by atoms with Crippen LogP contribution in [-0.2, 0) is 4.74 Å². The Morgan fingerprint density at radius 2 is 2.00 bits per heavy atom. The highest BCUT2D eigenvalue weighted by atomic mass is 16.5. The second-order valence-corrected chi connectivity index (χ2v) is 2.47. The van der Waals surface area contributed by atoms with Crippen LogP contribution < -0.4 is 0 Å². The standard InChI is InChI=1S/C12H16O/c1-5-7-9-11(3)13-12(4)10-8-6-2/h5-10H,1,3H2,2,4H3/b8-6-,9-7-,12-10+. The first kappa shape index (κ1) is 11.5. The minimum absolute atomic E-state index is 0.609. The Morgan fingerprint density at radius 1 is 1.31 bits per heavy atom. The molecule has 0 spiro atoms. The van der Waals surface area contributed by atoms with Gasteiger partial charge in [-0.25, -0.2) is 0 Å². The first-order valence-corrected chi connectivity index (χ1v) is 4.16. The summed E-state index contributed by atoms with van der Waals surface area (Å²) in [6.07, 6.45) is 11.0. The lowest BCUT2D eigenvalue weighted by atomic mass is 10.4. The molecule has 0 bridgehead atoms. The molecule has 0 aliphatic carbocycles. The Morgan fingerprint density at radius 3 is 2.54 bits per heavy atom. The van der Waals surface area contributed by atoms with Crippen molar-refractivity contribution in [1.82, 2.24) is 0 Å². The fourth-order valence-electron chi connectivity index (χ4n) is 0.682. The molecule has 0 saturated heterocycles. The van der Waals surface area contributed by atoms with E-state index >= 15 is 0 Å². The van der Waals surface area contributed by atoms with Gasteiger partial charge in [-0.2, -0.15) is 0 Å². The Kier molecular flexibility index (Phi) is 6.34. The molecule has 0 aliphatic heterocycles. The summed E-state index contributed by atoms with van der Waals surface area (Å²) >= 11 is 0. The van der Waals surface area contributed by atoms with E-state index in [4.69, 9.17) is 4.74 Å². The molecule has 1 heteroatoms. The highest BCUT2D eigenvalue weighted by Crippen LogP contribution is 2.05. The fraction of sp³-hybridized carbons (Fsp3) is 0.167. The first-order chi connectivity index (χ1) is 6.20. The molecule has 0 aromatic rings. The molecule has 70 valence electrons. The van der Waals surface area contributed by atoms with Crippen molar-refractivity contribution in [2.45, 2.75) is 13.8 Å². The van der Waals surface area contributed by atoms with Crippen LogP contribution in [0.25, 0.3) is 0 Å². The first-order valence-electron chi connectivity index (χ1n) is 4.16. The third-order valence-corrected chi connectivity index (χ3v) is 1.23. The van der Waals surface area contributed by atoms with Crippen LogP contribution >= 0.6 is 0 Å². The summed E-state index contributed by atoms with van der Waals surface area (Å²) in [6, 6.07) is 0. The molecule has 0 fully saturated rings. The van der Waals surface area contributed by atoms with Gasteiger partial charge < -0.3 is 4.74 Å². The Hall–Kier alpha value is -1.50. The average molecular weight is 176 g/mol. The zero-order valence-corrected chi connectivity index (χ0v) is 8.29. The topological polar surface area (TPSA) is 9.23 Å². The highest BCUT2D eigenvalue weighted by Gasteiger charge is 1.89. The van der Waals surface area contributed by atoms with Crippen LogP contribution in [0.4, 0.5) is 0 Å². The minimum atomic E-state index is 0.609. The zero-order chi connectivity index (χ0) is 10.1. The molecule has 13 heavy (non-hydrogen) atoms. The molecule has 0 unspecified atom stereocenters. The second kappa shape index (κ2) is 7.17. The van der Waals surface area contributed by atoms with Crippen LogP contribution in [0.5, 0.6) is 0 Å². The van der Waals surface area contributed by atoms with E-state index in [0.29, 0.717) is 5.76 Å². The van der Waals surface area contributed by atoms with Gasteiger partial charge in [0, 0.05) is 0 Å². The molecular weight excluding hydrogens is 160 g/mol. The number of allylic oxidation sites excluding steroid dienone is 7. The van der Waals surface area contributed by atoms with Crippen molar-refractivity contribution in [2.24, 2.45) is 0 Å². The Balaban J connectivity index is 4.05. The van der Waals surface area contributed by atoms with Crippen molar-refractivity contribution in [3.05, 3.63) is 61.1 Å². The molecule has 0 aromatic carbocycles. The van der Waals surface area contributed by atoms with Gasteiger partial charge in [-0.1, -0.05) is 37.5 Å². The summed E-state index contributed by atoms with van der Waals surface area (Å²) in [7, 11) is 0. The molecule has 0 amide bonds. The van der Waals surface area contributed by atoms with Crippen molar-refractivity contribution in [1.29, 1.82) is 0 Å². The molecule has 1 nitrogen and oxygen atoms in total. The summed E-state index contributed by atoms with van der Waals surface area (Å²) in [5.41, 5.74) is 0. The summed E-state index contributed by atoms with van der Waals surface area (Å²) in [5.74, 6) is 1.43. The maximum absolute atomic E-state index is 5.34. The summed E-state index contributed by atoms with van der Waals surface area (Å²) < 4.78 is 5.34. The predicted octanol–water partition coefficient (Wildman–Crippen LogP) is 3.74. The Labute approximate surface area is 80.4 Å². The smallest absolute Gasteiger partial charge is 0.119 e.